The highest BCUT2D eigenvalue weighted by Gasteiger charge is 2.36. The van der Waals surface area contributed by atoms with E-state index >= 15 is 0 Å². The zero-order valence-corrected chi connectivity index (χ0v) is 13.5. The standard InChI is InChI=1S/C14H21B2N3O4/c1-20-7-11-8(4-12(15)22-11)3-9-6-19(18-17-9)14-10(21-2)5-13(16)23-14/h6,8,10-14H,3-5,7H2,1-2H3/t8?,10?,11-,12-,13-,14+/m1/s1. The van der Waals surface area contributed by atoms with E-state index in [1.807, 2.05) is 6.20 Å². The minimum atomic E-state index is -0.343. The SMILES string of the molecule is [B][C@H]1CC(Cc2cn([C@H]3O[C@@H]([B])CC3OC)nn2)[C@@H](COC)O1. The maximum Gasteiger partial charge on any atom is 0.177 e. The molecule has 2 saturated heterocycles. The molecule has 7 nitrogen and oxygen atoms in total. The van der Waals surface area contributed by atoms with Crippen LogP contribution in [0.1, 0.15) is 24.8 Å². The summed E-state index contributed by atoms with van der Waals surface area (Å²) in [5.74, 6) is 0.264. The van der Waals surface area contributed by atoms with Gasteiger partial charge in [-0.1, -0.05) is 5.21 Å². The molecule has 2 unspecified atom stereocenters. The van der Waals surface area contributed by atoms with Crippen LogP contribution in [0.2, 0.25) is 0 Å². The average molecular weight is 317 g/mol. The lowest BCUT2D eigenvalue weighted by Gasteiger charge is -2.17. The zero-order valence-electron chi connectivity index (χ0n) is 13.5. The van der Waals surface area contributed by atoms with E-state index < -0.39 is 0 Å². The molecule has 4 radical (unpaired) electrons. The van der Waals surface area contributed by atoms with Crippen LogP contribution in [-0.4, -0.2) is 75.7 Å². The summed E-state index contributed by atoms with van der Waals surface area (Å²) < 4.78 is 23.6. The Morgan fingerprint density at radius 1 is 1.26 bits per heavy atom. The molecule has 3 heterocycles. The van der Waals surface area contributed by atoms with Crippen LogP contribution >= 0.6 is 0 Å². The van der Waals surface area contributed by atoms with Gasteiger partial charge in [0, 0.05) is 26.2 Å². The third kappa shape index (κ3) is 3.79. The third-order valence-electron chi connectivity index (χ3n) is 4.43. The third-order valence-corrected chi connectivity index (χ3v) is 4.43. The molecule has 0 N–H and O–H groups in total. The Kier molecular flexibility index (Phi) is 5.41. The van der Waals surface area contributed by atoms with Gasteiger partial charge in [-0.2, -0.15) is 0 Å². The van der Waals surface area contributed by atoms with Gasteiger partial charge in [-0.15, -0.1) is 5.10 Å². The minimum Gasteiger partial charge on any atom is -0.382 e. The largest absolute Gasteiger partial charge is 0.382 e. The Balaban J connectivity index is 1.65. The summed E-state index contributed by atoms with van der Waals surface area (Å²) in [6.45, 7) is 0.527. The molecule has 23 heavy (non-hydrogen) atoms. The summed E-state index contributed by atoms with van der Waals surface area (Å²) in [4.78, 5) is 0. The number of ether oxygens (including phenoxy) is 4. The first-order valence-corrected chi connectivity index (χ1v) is 7.85. The van der Waals surface area contributed by atoms with Crippen molar-refractivity contribution < 1.29 is 18.9 Å². The number of aromatic nitrogens is 3. The molecule has 1 aromatic heterocycles. The summed E-state index contributed by atoms with van der Waals surface area (Å²) in [7, 11) is 15.0. The van der Waals surface area contributed by atoms with E-state index in [9.17, 15) is 0 Å². The highest BCUT2D eigenvalue weighted by molar-refractivity contribution is 6.11. The number of hydrogen-bond acceptors (Lipinski definition) is 6. The van der Waals surface area contributed by atoms with Crippen LogP contribution in [0, 0.1) is 5.92 Å². The van der Waals surface area contributed by atoms with Crippen LogP contribution in [0.25, 0.3) is 0 Å². The highest BCUT2D eigenvalue weighted by Crippen LogP contribution is 2.31. The van der Waals surface area contributed by atoms with Crippen LogP contribution in [0.15, 0.2) is 6.20 Å². The van der Waals surface area contributed by atoms with Gasteiger partial charge in [0.05, 0.1) is 24.6 Å². The van der Waals surface area contributed by atoms with Crippen molar-refractivity contribution in [3.05, 3.63) is 11.9 Å². The molecular weight excluding hydrogens is 296 g/mol. The molecule has 1 aromatic rings. The molecule has 0 saturated carbocycles. The van der Waals surface area contributed by atoms with Gasteiger partial charge in [-0.05, 0) is 25.2 Å². The molecule has 2 aliphatic heterocycles. The predicted octanol–water partition coefficient (Wildman–Crippen LogP) is -0.205. The molecule has 2 aliphatic rings. The first-order valence-electron chi connectivity index (χ1n) is 7.85. The van der Waals surface area contributed by atoms with E-state index in [-0.39, 0.29) is 36.4 Å². The average Bonchev–Trinajstić information content (AvgIpc) is 3.19. The maximum atomic E-state index is 5.89. The summed E-state index contributed by atoms with van der Waals surface area (Å²) >= 11 is 0. The Bertz CT molecular complexity index is 518. The molecule has 122 valence electrons. The molecular formula is C14H21B2N3O4. The van der Waals surface area contributed by atoms with Crippen LogP contribution in [0.3, 0.4) is 0 Å². The molecule has 0 aromatic carbocycles. The first-order chi connectivity index (χ1) is 11.1. The zero-order chi connectivity index (χ0) is 16.4. The van der Waals surface area contributed by atoms with Crippen LogP contribution in [0.5, 0.6) is 0 Å². The van der Waals surface area contributed by atoms with Gasteiger partial charge in [0.2, 0.25) is 0 Å². The molecule has 2 fully saturated rings. The van der Waals surface area contributed by atoms with Gasteiger partial charge in [0.1, 0.15) is 21.8 Å². The fourth-order valence-electron chi connectivity index (χ4n) is 3.31. The van der Waals surface area contributed by atoms with Crippen molar-refractivity contribution in [3.8, 4) is 0 Å². The Morgan fingerprint density at radius 2 is 2.04 bits per heavy atom. The van der Waals surface area contributed by atoms with Gasteiger partial charge in [-0.25, -0.2) is 4.68 Å². The maximum absolute atomic E-state index is 5.89. The van der Waals surface area contributed by atoms with Gasteiger partial charge < -0.3 is 18.9 Å². The normalized spacial score (nSPS) is 37.5. The molecule has 0 aliphatic carbocycles. The van der Waals surface area contributed by atoms with Gasteiger partial charge in [0.15, 0.2) is 6.23 Å². The lowest BCUT2D eigenvalue weighted by atomic mass is 9.88. The van der Waals surface area contributed by atoms with Crippen molar-refractivity contribution in [2.45, 2.75) is 49.7 Å². The van der Waals surface area contributed by atoms with E-state index in [4.69, 9.17) is 34.6 Å². The minimum absolute atomic E-state index is 0.0111. The summed E-state index contributed by atoms with van der Waals surface area (Å²) in [6, 6.07) is -0.589. The number of rotatable bonds is 6. The summed E-state index contributed by atoms with van der Waals surface area (Å²) in [5, 5.41) is 8.40. The van der Waals surface area contributed by atoms with Gasteiger partial charge in [0.25, 0.3) is 0 Å². The van der Waals surface area contributed by atoms with E-state index in [2.05, 4.69) is 10.3 Å². The number of methoxy groups -OCH3 is 2. The van der Waals surface area contributed by atoms with Crippen molar-refractivity contribution in [1.82, 2.24) is 15.0 Å². The van der Waals surface area contributed by atoms with Crippen LogP contribution in [-0.2, 0) is 25.4 Å². The van der Waals surface area contributed by atoms with Crippen LogP contribution in [0.4, 0.5) is 0 Å². The second-order valence-electron chi connectivity index (χ2n) is 6.13. The summed E-state index contributed by atoms with van der Waals surface area (Å²) in [6.07, 6.45) is 3.56. The Morgan fingerprint density at radius 3 is 2.78 bits per heavy atom. The van der Waals surface area contributed by atoms with Crippen molar-refractivity contribution in [2.75, 3.05) is 20.8 Å². The Hall–Kier alpha value is -0.890. The first kappa shape index (κ1) is 16.9. The quantitative estimate of drug-likeness (QED) is 0.677. The smallest absolute Gasteiger partial charge is 0.177 e. The Labute approximate surface area is 138 Å². The van der Waals surface area contributed by atoms with Crippen LogP contribution < -0.4 is 0 Å². The fourth-order valence-corrected chi connectivity index (χ4v) is 3.31. The van der Waals surface area contributed by atoms with Gasteiger partial charge in [-0.3, -0.25) is 0 Å². The second-order valence-corrected chi connectivity index (χ2v) is 6.13. The number of hydrogen-bond donors (Lipinski definition) is 0. The summed E-state index contributed by atoms with van der Waals surface area (Å²) in [5.41, 5.74) is 0.868. The molecule has 3 rings (SSSR count). The van der Waals surface area contributed by atoms with E-state index in [0.29, 0.717) is 13.0 Å². The highest BCUT2D eigenvalue weighted by atomic mass is 16.6. The molecule has 0 amide bonds. The van der Waals surface area contributed by atoms with E-state index in [1.54, 1.807) is 18.9 Å². The van der Waals surface area contributed by atoms with E-state index in [0.717, 1.165) is 18.5 Å². The van der Waals surface area contributed by atoms with E-state index in [1.165, 1.54) is 0 Å². The van der Waals surface area contributed by atoms with Gasteiger partial charge >= 0.3 is 0 Å². The lowest BCUT2D eigenvalue weighted by Crippen LogP contribution is -2.24. The second kappa shape index (κ2) is 7.34. The molecule has 6 atom stereocenters. The monoisotopic (exact) mass is 317 g/mol. The molecule has 9 heteroatoms. The van der Waals surface area contributed by atoms with Crippen molar-refractivity contribution in [2.24, 2.45) is 5.92 Å². The van der Waals surface area contributed by atoms with Crippen molar-refractivity contribution >= 4 is 15.7 Å². The predicted molar refractivity (Wildman–Crippen MR) is 83.2 cm³/mol. The topological polar surface area (TPSA) is 67.6 Å². The van der Waals surface area contributed by atoms with Crippen molar-refractivity contribution in [3.63, 3.8) is 0 Å². The van der Waals surface area contributed by atoms with Crippen molar-refractivity contribution in [1.29, 1.82) is 0 Å². The molecule has 0 bridgehead atoms. The molecule has 0 spiro atoms. The lowest BCUT2D eigenvalue weighted by molar-refractivity contribution is -0.0430. The number of nitrogens with zero attached hydrogens (tertiary/aromatic N) is 3. The fraction of sp³-hybridized carbons (Fsp3) is 0.857.